The molecule has 1 aliphatic rings. The number of hydrogen-bond acceptors (Lipinski definition) is 1. The zero-order chi connectivity index (χ0) is 9.14. The van der Waals surface area contributed by atoms with E-state index in [2.05, 4.69) is 32.6 Å². The lowest BCUT2D eigenvalue weighted by Crippen LogP contribution is -2.35. The molecule has 1 nitrogen and oxygen atoms in total. The minimum Gasteiger partial charge on any atom is -0.300 e. The van der Waals surface area contributed by atoms with Crippen molar-refractivity contribution in [2.45, 2.75) is 46.6 Å². The quantitative estimate of drug-likeness (QED) is 0.583. The fourth-order valence-corrected chi connectivity index (χ4v) is 2.05. The molecule has 12 heavy (non-hydrogen) atoms. The average molecular weight is 169 g/mol. The van der Waals surface area contributed by atoms with E-state index in [1.54, 1.807) is 0 Å². The molecule has 72 valence electrons. The molecule has 0 saturated carbocycles. The largest absolute Gasteiger partial charge is 0.300 e. The van der Waals surface area contributed by atoms with Gasteiger partial charge in [0.25, 0.3) is 0 Å². The highest BCUT2D eigenvalue weighted by Gasteiger charge is 2.20. The first kappa shape index (κ1) is 10.0. The van der Waals surface area contributed by atoms with Crippen LogP contribution in [-0.4, -0.2) is 24.0 Å². The molecule has 1 heteroatoms. The van der Waals surface area contributed by atoms with Gasteiger partial charge < -0.3 is 4.90 Å². The molecule has 0 radical (unpaired) electrons. The van der Waals surface area contributed by atoms with E-state index in [0.717, 1.165) is 17.9 Å². The van der Waals surface area contributed by atoms with Crippen LogP contribution in [0.1, 0.15) is 40.5 Å². The summed E-state index contributed by atoms with van der Waals surface area (Å²) in [6.07, 6.45) is 2.84. The summed E-state index contributed by atoms with van der Waals surface area (Å²) in [5.41, 5.74) is 0. The highest BCUT2D eigenvalue weighted by molar-refractivity contribution is 4.74. The summed E-state index contributed by atoms with van der Waals surface area (Å²) >= 11 is 0. The van der Waals surface area contributed by atoms with Crippen LogP contribution in [-0.2, 0) is 0 Å². The van der Waals surface area contributed by atoms with Gasteiger partial charge in [0.15, 0.2) is 0 Å². The Kier molecular flexibility index (Phi) is 3.57. The Labute approximate surface area is 77.1 Å². The maximum absolute atomic E-state index is 2.63. The summed E-state index contributed by atoms with van der Waals surface area (Å²) in [4.78, 5) is 2.63. The Morgan fingerprint density at radius 1 is 1.00 bits per heavy atom. The number of likely N-dealkylation sites (tertiary alicyclic amines) is 1. The molecule has 0 N–H and O–H groups in total. The smallest absolute Gasteiger partial charge is 0.00388 e. The van der Waals surface area contributed by atoms with E-state index >= 15 is 0 Å². The summed E-state index contributed by atoms with van der Waals surface area (Å²) < 4.78 is 0. The first-order valence-corrected chi connectivity index (χ1v) is 5.33. The van der Waals surface area contributed by atoms with E-state index in [1.165, 1.54) is 25.9 Å². The lowest BCUT2D eigenvalue weighted by Gasteiger charge is -2.27. The van der Waals surface area contributed by atoms with Crippen LogP contribution >= 0.6 is 0 Å². The van der Waals surface area contributed by atoms with Gasteiger partial charge in [-0.2, -0.15) is 0 Å². The molecule has 0 aliphatic carbocycles. The fourth-order valence-electron chi connectivity index (χ4n) is 2.05. The van der Waals surface area contributed by atoms with Crippen molar-refractivity contribution in [2.75, 3.05) is 13.1 Å². The van der Waals surface area contributed by atoms with Gasteiger partial charge in [-0.3, -0.25) is 0 Å². The van der Waals surface area contributed by atoms with Crippen molar-refractivity contribution >= 4 is 0 Å². The second-order valence-electron chi connectivity index (χ2n) is 4.84. The fraction of sp³-hybridized carbons (Fsp3) is 1.00. The summed E-state index contributed by atoms with van der Waals surface area (Å²) in [6.45, 7) is 12.0. The predicted octanol–water partition coefficient (Wildman–Crippen LogP) is 2.76. The van der Waals surface area contributed by atoms with Crippen LogP contribution < -0.4 is 0 Å². The van der Waals surface area contributed by atoms with Crippen LogP contribution in [0.25, 0.3) is 0 Å². The molecular formula is C11H23N. The predicted molar refractivity (Wildman–Crippen MR) is 54.3 cm³/mol. The highest BCUT2D eigenvalue weighted by Crippen LogP contribution is 2.21. The zero-order valence-electron chi connectivity index (χ0n) is 9.01. The van der Waals surface area contributed by atoms with Gasteiger partial charge in [-0.15, -0.1) is 0 Å². The van der Waals surface area contributed by atoms with Gasteiger partial charge in [0.2, 0.25) is 0 Å². The third-order valence-electron chi connectivity index (χ3n) is 2.97. The number of hydrogen-bond donors (Lipinski definition) is 0. The molecule has 0 aromatic heterocycles. The van der Waals surface area contributed by atoms with Crippen molar-refractivity contribution in [2.24, 2.45) is 11.8 Å². The highest BCUT2D eigenvalue weighted by atomic mass is 15.1. The van der Waals surface area contributed by atoms with Crippen molar-refractivity contribution in [3.8, 4) is 0 Å². The van der Waals surface area contributed by atoms with Gasteiger partial charge in [-0.05, 0) is 38.5 Å². The lowest BCUT2D eigenvalue weighted by atomic mass is 10.0. The van der Waals surface area contributed by atoms with Crippen molar-refractivity contribution in [1.82, 2.24) is 4.90 Å². The number of nitrogens with zero attached hydrogens (tertiary/aromatic N) is 1. The van der Waals surface area contributed by atoms with Crippen LogP contribution in [0.4, 0.5) is 0 Å². The Morgan fingerprint density at radius 2 is 1.42 bits per heavy atom. The van der Waals surface area contributed by atoms with Crippen molar-refractivity contribution in [3.63, 3.8) is 0 Å². The second-order valence-corrected chi connectivity index (χ2v) is 4.84. The van der Waals surface area contributed by atoms with E-state index in [9.17, 15) is 0 Å². The van der Waals surface area contributed by atoms with Crippen LogP contribution in [0.3, 0.4) is 0 Å². The topological polar surface area (TPSA) is 3.24 Å². The van der Waals surface area contributed by atoms with Crippen molar-refractivity contribution < 1.29 is 0 Å². The first-order chi connectivity index (χ1) is 5.59. The first-order valence-electron chi connectivity index (χ1n) is 5.33. The molecule has 0 unspecified atom stereocenters. The second kappa shape index (κ2) is 4.27. The maximum atomic E-state index is 2.63. The minimum atomic E-state index is 0.730. The summed E-state index contributed by atoms with van der Waals surface area (Å²) in [6, 6.07) is 0.730. The van der Waals surface area contributed by atoms with Gasteiger partial charge in [0.1, 0.15) is 0 Å². The van der Waals surface area contributed by atoms with Gasteiger partial charge >= 0.3 is 0 Å². The summed E-state index contributed by atoms with van der Waals surface area (Å²) in [5, 5.41) is 0. The maximum Gasteiger partial charge on any atom is 0.00388 e. The van der Waals surface area contributed by atoms with E-state index < -0.39 is 0 Å². The van der Waals surface area contributed by atoms with Crippen LogP contribution in [0, 0.1) is 11.8 Å². The van der Waals surface area contributed by atoms with Gasteiger partial charge in [-0.1, -0.05) is 13.8 Å². The monoisotopic (exact) mass is 169 g/mol. The molecule has 0 aromatic rings. The Hall–Kier alpha value is -0.0400. The van der Waals surface area contributed by atoms with E-state index in [0.29, 0.717) is 0 Å². The molecule has 1 rings (SSSR count). The van der Waals surface area contributed by atoms with Crippen LogP contribution in [0.2, 0.25) is 0 Å². The molecule has 1 heterocycles. The SMILES string of the molecule is CC(C)N1C[C@H](C)CC[C@H](C)C1. The molecule has 2 atom stereocenters. The van der Waals surface area contributed by atoms with Crippen molar-refractivity contribution in [3.05, 3.63) is 0 Å². The molecule has 0 amide bonds. The Morgan fingerprint density at radius 3 is 1.75 bits per heavy atom. The molecule has 0 aromatic carbocycles. The Bertz CT molecular complexity index is 119. The normalized spacial score (nSPS) is 33.8. The van der Waals surface area contributed by atoms with Crippen molar-refractivity contribution in [1.29, 1.82) is 0 Å². The third kappa shape index (κ3) is 2.78. The average Bonchev–Trinajstić information content (AvgIpc) is 2.13. The third-order valence-corrected chi connectivity index (χ3v) is 2.97. The van der Waals surface area contributed by atoms with E-state index in [1.807, 2.05) is 0 Å². The standard InChI is InChI=1S/C11H23N/c1-9(2)12-7-10(3)5-6-11(4)8-12/h9-11H,5-8H2,1-4H3/t10-,11+. The Balaban J connectivity index is 2.49. The van der Waals surface area contributed by atoms with E-state index in [4.69, 9.17) is 0 Å². The summed E-state index contributed by atoms with van der Waals surface area (Å²) in [7, 11) is 0. The van der Waals surface area contributed by atoms with E-state index in [-0.39, 0.29) is 0 Å². The zero-order valence-corrected chi connectivity index (χ0v) is 9.01. The van der Waals surface area contributed by atoms with Crippen LogP contribution in [0.5, 0.6) is 0 Å². The molecule has 0 spiro atoms. The lowest BCUT2D eigenvalue weighted by molar-refractivity contribution is 0.191. The number of rotatable bonds is 1. The van der Waals surface area contributed by atoms with Gasteiger partial charge in [-0.25, -0.2) is 0 Å². The van der Waals surface area contributed by atoms with Gasteiger partial charge in [0.05, 0.1) is 0 Å². The molecule has 1 fully saturated rings. The molecule has 0 bridgehead atoms. The van der Waals surface area contributed by atoms with Gasteiger partial charge in [0, 0.05) is 19.1 Å². The minimum absolute atomic E-state index is 0.730. The summed E-state index contributed by atoms with van der Waals surface area (Å²) in [5.74, 6) is 1.80. The molecule has 1 aliphatic heterocycles. The molecular weight excluding hydrogens is 146 g/mol. The molecule has 1 saturated heterocycles. The van der Waals surface area contributed by atoms with Crippen LogP contribution in [0.15, 0.2) is 0 Å².